The van der Waals surface area contributed by atoms with Gasteiger partial charge in [-0.1, -0.05) is 5.21 Å². The van der Waals surface area contributed by atoms with Crippen molar-refractivity contribution in [2.24, 2.45) is 11.7 Å². The second kappa shape index (κ2) is 6.82. The summed E-state index contributed by atoms with van der Waals surface area (Å²) in [5, 5.41) is 8.05. The zero-order valence-electron chi connectivity index (χ0n) is 11.1. The van der Waals surface area contributed by atoms with E-state index in [0.29, 0.717) is 12.5 Å². The summed E-state index contributed by atoms with van der Waals surface area (Å²) >= 11 is 0. The van der Waals surface area contributed by atoms with Crippen LogP contribution >= 0.6 is 0 Å². The number of piperidine rings is 1. The van der Waals surface area contributed by atoms with Crippen LogP contribution in [0.1, 0.15) is 18.5 Å². The Bertz CT molecular complexity index is 352. The van der Waals surface area contributed by atoms with Gasteiger partial charge in [0.2, 0.25) is 0 Å². The Morgan fingerprint density at radius 1 is 1.50 bits per heavy atom. The Morgan fingerprint density at radius 2 is 2.39 bits per heavy atom. The van der Waals surface area contributed by atoms with E-state index in [0.717, 1.165) is 31.9 Å². The number of ether oxygens (including phenoxy) is 1. The average molecular weight is 253 g/mol. The molecule has 1 aliphatic rings. The summed E-state index contributed by atoms with van der Waals surface area (Å²) in [5.41, 5.74) is 6.37. The summed E-state index contributed by atoms with van der Waals surface area (Å²) in [6.07, 6.45) is 4.47. The summed E-state index contributed by atoms with van der Waals surface area (Å²) in [6, 6.07) is 0. The number of aromatic nitrogens is 3. The van der Waals surface area contributed by atoms with E-state index >= 15 is 0 Å². The molecule has 1 aromatic rings. The zero-order chi connectivity index (χ0) is 12.8. The van der Waals surface area contributed by atoms with Gasteiger partial charge in [0.1, 0.15) is 0 Å². The lowest BCUT2D eigenvalue weighted by atomic mass is 9.99. The Kier molecular flexibility index (Phi) is 5.10. The normalized spacial score (nSPS) is 21.3. The molecule has 2 N–H and O–H groups in total. The first-order chi connectivity index (χ1) is 8.81. The molecule has 18 heavy (non-hydrogen) atoms. The molecule has 6 nitrogen and oxygen atoms in total. The predicted molar refractivity (Wildman–Crippen MR) is 69.0 cm³/mol. The maximum absolute atomic E-state index is 5.51. The first-order valence-corrected chi connectivity index (χ1v) is 6.62. The highest BCUT2D eigenvalue weighted by atomic mass is 16.5. The molecule has 2 heterocycles. The highest BCUT2D eigenvalue weighted by Crippen LogP contribution is 2.16. The minimum absolute atomic E-state index is 0.458. The van der Waals surface area contributed by atoms with Crippen LogP contribution in [0.25, 0.3) is 0 Å². The molecular formula is C12H23N5O. The van der Waals surface area contributed by atoms with Crippen LogP contribution in [0.15, 0.2) is 6.20 Å². The van der Waals surface area contributed by atoms with E-state index < -0.39 is 0 Å². The van der Waals surface area contributed by atoms with Gasteiger partial charge in [-0.3, -0.25) is 4.68 Å². The molecule has 1 fully saturated rings. The van der Waals surface area contributed by atoms with Crippen LogP contribution in [-0.2, 0) is 17.8 Å². The molecule has 102 valence electrons. The molecule has 0 spiro atoms. The standard InChI is InChI=1S/C12H23N5O/c1-18-10-11-3-2-4-16(8-11)5-6-17-9-12(7-13)14-15-17/h9,11H,2-8,10,13H2,1H3. The van der Waals surface area contributed by atoms with Gasteiger partial charge in [0.05, 0.1) is 18.8 Å². The van der Waals surface area contributed by atoms with Gasteiger partial charge in [0.25, 0.3) is 0 Å². The van der Waals surface area contributed by atoms with Crippen LogP contribution in [0.4, 0.5) is 0 Å². The van der Waals surface area contributed by atoms with E-state index in [1.807, 2.05) is 10.9 Å². The zero-order valence-corrected chi connectivity index (χ0v) is 11.1. The second-order valence-corrected chi connectivity index (χ2v) is 4.94. The molecule has 1 saturated heterocycles. The topological polar surface area (TPSA) is 69.2 Å². The van der Waals surface area contributed by atoms with E-state index in [9.17, 15) is 0 Å². The van der Waals surface area contributed by atoms with Crippen molar-refractivity contribution < 1.29 is 4.74 Å². The van der Waals surface area contributed by atoms with E-state index in [1.54, 1.807) is 7.11 Å². The molecule has 1 aliphatic heterocycles. The molecule has 0 radical (unpaired) electrons. The molecule has 1 unspecified atom stereocenters. The number of rotatable bonds is 6. The summed E-state index contributed by atoms with van der Waals surface area (Å²) < 4.78 is 7.12. The average Bonchev–Trinajstić information content (AvgIpc) is 2.85. The largest absolute Gasteiger partial charge is 0.384 e. The fraction of sp³-hybridized carbons (Fsp3) is 0.833. The second-order valence-electron chi connectivity index (χ2n) is 4.94. The van der Waals surface area contributed by atoms with E-state index in [1.165, 1.54) is 19.4 Å². The Morgan fingerprint density at radius 3 is 3.11 bits per heavy atom. The summed E-state index contributed by atoms with van der Waals surface area (Å²) in [6.45, 7) is 5.54. The van der Waals surface area contributed by atoms with E-state index in [4.69, 9.17) is 10.5 Å². The van der Waals surface area contributed by atoms with Crippen LogP contribution in [0, 0.1) is 5.92 Å². The van der Waals surface area contributed by atoms with Crippen LogP contribution in [0.3, 0.4) is 0 Å². The lowest BCUT2D eigenvalue weighted by Crippen LogP contribution is -2.38. The molecule has 0 amide bonds. The number of nitrogens with two attached hydrogens (primary N) is 1. The number of likely N-dealkylation sites (tertiary alicyclic amines) is 1. The highest BCUT2D eigenvalue weighted by Gasteiger charge is 2.19. The van der Waals surface area contributed by atoms with Crippen molar-refractivity contribution in [2.75, 3.05) is 33.4 Å². The molecule has 1 aromatic heterocycles. The van der Waals surface area contributed by atoms with Crippen molar-refractivity contribution >= 4 is 0 Å². The quantitative estimate of drug-likeness (QED) is 0.778. The molecular weight excluding hydrogens is 230 g/mol. The van der Waals surface area contributed by atoms with Gasteiger partial charge in [-0.05, 0) is 25.3 Å². The van der Waals surface area contributed by atoms with Crippen molar-refractivity contribution in [3.8, 4) is 0 Å². The van der Waals surface area contributed by atoms with Gasteiger partial charge < -0.3 is 15.4 Å². The minimum atomic E-state index is 0.458. The fourth-order valence-corrected chi connectivity index (χ4v) is 2.51. The Hall–Kier alpha value is -0.980. The van der Waals surface area contributed by atoms with Crippen molar-refractivity contribution in [3.63, 3.8) is 0 Å². The lowest BCUT2D eigenvalue weighted by molar-refractivity contribution is 0.0884. The number of hydrogen-bond acceptors (Lipinski definition) is 5. The SMILES string of the molecule is COCC1CCCN(CCn2cc(CN)nn2)C1. The van der Waals surface area contributed by atoms with Crippen molar-refractivity contribution in [2.45, 2.75) is 25.9 Å². The monoisotopic (exact) mass is 253 g/mol. The molecule has 0 saturated carbocycles. The third-order valence-electron chi connectivity index (χ3n) is 3.45. The first-order valence-electron chi connectivity index (χ1n) is 6.62. The maximum atomic E-state index is 5.51. The molecule has 6 heteroatoms. The fourth-order valence-electron chi connectivity index (χ4n) is 2.51. The van der Waals surface area contributed by atoms with Crippen molar-refractivity contribution in [1.29, 1.82) is 0 Å². The summed E-state index contributed by atoms with van der Waals surface area (Å²) in [5.74, 6) is 0.680. The molecule has 0 bridgehead atoms. The molecule has 1 atom stereocenters. The summed E-state index contributed by atoms with van der Waals surface area (Å²) in [4.78, 5) is 2.48. The van der Waals surface area contributed by atoms with Crippen LogP contribution in [0.5, 0.6) is 0 Å². The number of hydrogen-bond donors (Lipinski definition) is 1. The van der Waals surface area contributed by atoms with Crippen molar-refractivity contribution in [3.05, 3.63) is 11.9 Å². The Labute approximate surface area is 108 Å². The van der Waals surface area contributed by atoms with E-state index in [-0.39, 0.29) is 0 Å². The summed E-state index contributed by atoms with van der Waals surface area (Å²) in [7, 11) is 1.78. The van der Waals surface area contributed by atoms with Gasteiger partial charge in [0.15, 0.2) is 0 Å². The smallest absolute Gasteiger partial charge is 0.0962 e. The predicted octanol–water partition coefficient (Wildman–Crippen LogP) is 0.0952. The molecule has 2 rings (SSSR count). The lowest BCUT2D eigenvalue weighted by Gasteiger charge is -2.32. The van der Waals surface area contributed by atoms with Gasteiger partial charge in [-0.2, -0.15) is 0 Å². The van der Waals surface area contributed by atoms with Crippen LogP contribution in [0.2, 0.25) is 0 Å². The number of nitrogens with zero attached hydrogens (tertiary/aromatic N) is 4. The van der Waals surface area contributed by atoms with Gasteiger partial charge in [-0.25, -0.2) is 0 Å². The van der Waals surface area contributed by atoms with Crippen LogP contribution < -0.4 is 5.73 Å². The molecule has 0 aliphatic carbocycles. The maximum Gasteiger partial charge on any atom is 0.0962 e. The molecule has 0 aromatic carbocycles. The highest BCUT2D eigenvalue weighted by molar-refractivity contribution is 4.90. The third kappa shape index (κ3) is 3.76. The van der Waals surface area contributed by atoms with Crippen LogP contribution in [-0.4, -0.2) is 53.2 Å². The van der Waals surface area contributed by atoms with E-state index in [2.05, 4.69) is 15.2 Å². The van der Waals surface area contributed by atoms with Gasteiger partial charge >= 0.3 is 0 Å². The van der Waals surface area contributed by atoms with Gasteiger partial charge in [0, 0.05) is 32.9 Å². The minimum Gasteiger partial charge on any atom is -0.384 e. The Balaban J connectivity index is 1.75. The first kappa shape index (κ1) is 13.5. The van der Waals surface area contributed by atoms with Gasteiger partial charge in [-0.15, -0.1) is 5.10 Å². The van der Waals surface area contributed by atoms with Crippen molar-refractivity contribution in [1.82, 2.24) is 19.9 Å². The third-order valence-corrected chi connectivity index (χ3v) is 3.45. The number of methoxy groups -OCH3 is 1.